The quantitative estimate of drug-likeness (QED) is 0.787. The Morgan fingerprint density at radius 3 is 3.00 bits per heavy atom. The van der Waals surface area contributed by atoms with Crippen LogP contribution in [-0.4, -0.2) is 36.6 Å². The van der Waals surface area contributed by atoms with Gasteiger partial charge in [0.2, 0.25) is 5.78 Å². The van der Waals surface area contributed by atoms with Crippen LogP contribution in [0.4, 0.5) is 0 Å². The van der Waals surface area contributed by atoms with Crippen LogP contribution < -0.4 is 5.32 Å². The predicted molar refractivity (Wildman–Crippen MR) is 94.2 cm³/mol. The lowest BCUT2D eigenvalue weighted by molar-refractivity contribution is -0.00410. The maximum atomic E-state index is 5.94. The molecule has 4 heterocycles. The van der Waals surface area contributed by atoms with E-state index >= 15 is 0 Å². The van der Waals surface area contributed by atoms with Crippen molar-refractivity contribution in [3.05, 3.63) is 47.6 Å². The molecule has 3 aromatic rings. The number of hydrogen-bond acceptors (Lipinski definition) is 5. The second kappa shape index (κ2) is 6.57. The summed E-state index contributed by atoms with van der Waals surface area (Å²) in [6.45, 7) is 5.63. The highest BCUT2D eigenvalue weighted by molar-refractivity contribution is 5.35. The zero-order chi connectivity index (χ0) is 17.4. The third-order valence-electron chi connectivity index (χ3n) is 4.90. The van der Waals surface area contributed by atoms with Gasteiger partial charge in [0.05, 0.1) is 30.1 Å². The van der Waals surface area contributed by atoms with Crippen molar-refractivity contribution in [2.24, 2.45) is 7.05 Å². The number of fused-ring (bicyclic) bond motifs is 1. The van der Waals surface area contributed by atoms with Crippen LogP contribution in [0.2, 0.25) is 0 Å². The van der Waals surface area contributed by atoms with Gasteiger partial charge in [-0.2, -0.15) is 0 Å². The fraction of sp³-hybridized carbons (Fsp3) is 0.500. The van der Waals surface area contributed by atoms with Crippen molar-refractivity contribution in [3.8, 4) is 0 Å². The zero-order valence-corrected chi connectivity index (χ0v) is 14.9. The zero-order valence-electron chi connectivity index (χ0n) is 14.9. The first-order valence-electron chi connectivity index (χ1n) is 8.73. The first kappa shape index (κ1) is 16.2. The maximum absolute atomic E-state index is 5.94. The number of hydrogen-bond donors (Lipinski definition) is 1. The molecule has 0 saturated carbocycles. The lowest BCUT2D eigenvalue weighted by Gasteiger charge is -2.30. The van der Waals surface area contributed by atoms with E-state index in [-0.39, 0.29) is 6.10 Å². The Kier molecular flexibility index (Phi) is 4.27. The van der Waals surface area contributed by atoms with Gasteiger partial charge in [0.1, 0.15) is 6.10 Å². The van der Waals surface area contributed by atoms with Crippen LogP contribution >= 0.6 is 0 Å². The standard InChI is InChI=1S/C18H24N6O/c1-12-6-13(2)24-15(9-21-18(24)22-12)8-20-14-4-5-25-17(7-14)16-10-19-11-23(16)3/h6,9-11,14,17,20H,4-5,7-8H2,1-3H3/t14-,17-/m1/s1. The molecule has 4 rings (SSSR count). The van der Waals surface area contributed by atoms with Crippen LogP contribution in [0, 0.1) is 13.8 Å². The van der Waals surface area contributed by atoms with Crippen LogP contribution in [-0.2, 0) is 18.3 Å². The van der Waals surface area contributed by atoms with Gasteiger partial charge >= 0.3 is 0 Å². The van der Waals surface area contributed by atoms with Gasteiger partial charge in [0.25, 0.3) is 0 Å². The van der Waals surface area contributed by atoms with E-state index in [4.69, 9.17) is 4.74 Å². The Labute approximate surface area is 147 Å². The minimum atomic E-state index is 0.104. The van der Waals surface area contributed by atoms with Crippen LogP contribution in [0.1, 0.15) is 41.7 Å². The molecule has 0 aliphatic carbocycles. The third-order valence-corrected chi connectivity index (χ3v) is 4.90. The maximum Gasteiger partial charge on any atom is 0.234 e. The molecule has 3 aromatic heterocycles. The van der Waals surface area contributed by atoms with Crippen molar-refractivity contribution >= 4 is 5.78 Å². The van der Waals surface area contributed by atoms with Crippen LogP contribution in [0.5, 0.6) is 0 Å². The number of aromatic nitrogens is 5. The largest absolute Gasteiger partial charge is 0.372 e. The van der Waals surface area contributed by atoms with Gasteiger partial charge in [0, 0.05) is 37.6 Å². The first-order chi connectivity index (χ1) is 12.1. The van der Waals surface area contributed by atoms with E-state index in [1.807, 2.05) is 37.3 Å². The Morgan fingerprint density at radius 2 is 2.20 bits per heavy atom. The summed E-state index contributed by atoms with van der Waals surface area (Å²) in [6.07, 6.45) is 7.71. The average Bonchev–Trinajstić information content (AvgIpc) is 3.19. The van der Waals surface area contributed by atoms with Crippen LogP contribution in [0.3, 0.4) is 0 Å². The summed E-state index contributed by atoms with van der Waals surface area (Å²) in [7, 11) is 2.01. The van der Waals surface area contributed by atoms with E-state index in [2.05, 4.69) is 37.7 Å². The summed E-state index contributed by atoms with van der Waals surface area (Å²) in [5.41, 5.74) is 4.44. The van der Waals surface area contributed by atoms with E-state index in [0.717, 1.165) is 54.5 Å². The van der Waals surface area contributed by atoms with Gasteiger partial charge in [-0.1, -0.05) is 0 Å². The summed E-state index contributed by atoms with van der Waals surface area (Å²) in [4.78, 5) is 13.2. The highest BCUT2D eigenvalue weighted by Gasteiger charge is 2.25. The van der Waals surface area contributed by atoms with Crippen LogP contribution in [0.25, 0.3) is 5.78 Å². The van der Waals surface area contributed by atoms with Crippen molar-refractivity contribution < 1.29 is 4.74 Å². The van der Waals surface area contributed by atoms with Gasteiger partial charge in [-0.3, -0.25) is 4.40 Å². The molecule has 1 fully saturated rings. The highest BCUT2D eigenvalue weighted by Crippen LogP contribution is 2.27. The fourth-order valence-corrected chi connectivity index (χ4v) is 3.64. The summed E-state index contributed by atoms with van der Waals surface area (Å²) in [5.74, 6) is 0.772. The molecule has 25 heavy (non-hydrogen) atoms. The first-order valence-corrected chi connectivity index (χ1v) is 8.73. The predicted octanol–water partition coefficient (Wildman–Crippen LogP) is 2.09. The molecule has 2 atom stereocenters. The van der Waals surface area contributed by atoms with E-state index in [1.165, 1.54) is 0 Å². The van der Waals surface area contributed by atoms with E-state index in [9.17, 15) is 0 Å². The molecule has 1 N–H and O–H groups in total. The molecular formula is C18H24N6O. The van der Waals surface area contributed by atoms with Gasteiger partial charge in [-0.15, -0.1) is 0 Å². The molecule has 1 aliphatic rings. The monoisotopic (exact) mass is 340 g/mol. The third kappa shape index (κ3) is 3.17. The van der Waals surface area contributed by atoms with Crippen molar-refractivity contribution in [3.63, 3.8) is 0 Å². The smallest absolute Gasteiger partial charge is 0.234 e. The number of nitrogens with zero attached hydrogens (tertiary/aromatic N) is 5. The average molecular weight is 340 g/mol. The second-order valence-corrected chi connectivity index (χ2v) is 6.81. The van der Waals surface area contributed by atoms with E-state index in [0.29, 0.717) is 6.04 Å². The molecule has 0 unspecified atom stereocenters. The molecule has 0 radical (unpaired) electrons. The molecule has 0 aromatic carbocycles. The molecular weight excluding hydrogens is 316 g/mol. The number of rotatable bonds is 4. The highest BCUT2D eigenvalue weighted by atomic mass is 16.5. The molecule has 0 spiro atoms. The molecule has 1 saturated heterocycles. The minimum absolute atomic E-state index is 0.104. The van der Waals surface area contributed by atoms with Gasteiger partial charge in [-0.25, -0.2) is 15.0 Å². The Morgan fingerprint density at radius 1 is 1.32 bits per heavy atom. The summed E-state index contributed by atoms with van der Waals surface area (Å²) >= 11 is 0. The number of imidazole rings is 2. The van der Waals surface area contributed by atoms with Crippen molar-refractivity contribution in [1.82, 2.24) is 29.2 Å². The molecule has 132 valence electrons. The molecule has 7 nitrogen and oxygen atoms in total. The van der Waals surface area contributed by atoms with Gasteiger partial charge < -0.3 is 14.6 Å². The number of ether oxygens (including phenoxy) is 1. The fourth-order valence-electron chi connectivity index (χ4n) is 3.64. The number of nitrogens with one attached hydrogen (secondary N) is 1. The Hall–Kier alpha value is -2.25. The topological polar surface area (TPSA) is 69.3 Å². The summed E-state index contributed by atoms with van der Waals surface area (Å²) in [5, 5.41) is 3.67. The summed E-state index contributed by atoms with van der Waals surface area (Å²) in [6, 6.07) is 2.50. The van der Waals surface area contributed by atoms with Crippen molar-refractivity contribution in [2.45, 2.75) is 45.4 Å². The SMILES string of the molecule is Cc1cc(C)n2c(CN[C@@H]3CCO[C@@H](c4cncn4C)C3)cnc2n1. The van der Waals surface area contributed by atoms with E-state index < -0.39 is 0 Å². The van der Waals surface area contributed by atoms with Gasteiger partial charge in [0.15, 0.2) is 0 Å². The Balaban J connectivity index is 1.46. The second-order valence-electron chi connectivity index (χ2n) is 6.81. The number of aryl methyl sites for hydroxylation is 3. The minimum Gasteiger partial charge on any atom is -0.372 e. The normalized spacial score (nSPS) is 21.1. The summed E-state index contributed by atoms with van der Waals surface area (Å²) < 4.78 is 10.1. The van der Waals surface area contributed by atoms with Gasteiger partial charge in [-0.05, 0) is 32.8 Å². The van der Waals surface area contributed by atoms with Crippen molar-refractivity contribution in [1.29, 1.82) is 0 Å². The molecule has 0 bridgehead atoms. The molecule has 1 aliphatic heterocycles. The van der Waals surface area contributed by atoms with Crippen LogP contribution in [0.15, 0.2) is 24.8 Å². The lowest BCUT2D eigenvalue weighted by atomic mass is 10.0. The Bertz CT molecular complexity index is 883. The lowest BCUT2D eigenvalue weighted by Crippen LogP contribution is -2.36. The van der Waals surface area contributed by atoms with E-state index in [1.54, 1.807) is 0 Å². The van der Waals surface area contributed by atoms with Crippen molar-refractivity contribution in [2.75, 3.05) is 6.61 Å². The molecule has 0 amide bonds. The molecule has 7 heteroatoms.